The first-order valence-electron chi connectivity index (χ1n) is 8.98. The van der Waals surface area contributed by atoms with Gasteiger partial charge in [0.05, 0.1) is 5.92 Å². The zero-order valence-electron chi connectivity index (χ0n) is 15.2. The lowest BCUT2D eigenvalue weighted by atomic mass is 9.90. The van der Waals surface area contributed by atoms with E-state index in [1.165, 1.54) is 0 Å². The Kier molecular flexibility index (Phi) is 6.81. The molecule has 142 valence electrons. The Hall–Kier alpha value is -2.67. The van der Waals surface area contributed by atoms with Crippen molar-refractivity contribution in [2.45, 2.75) is 18.4 Å². The van der Waals surface area contributed by atoms with E-state index >= 15 is 0 Å². The first-order valence-corrected chi connectivity index (χ1v) is 10.1. The van der Waals surface area contributed by atoms with E-state index in [-0.39, 0.29) is 5.91 Å². The van der Waals surface area contributed by atoms with Gasteiger partial charge in [-0.15, -0.1) is 0 Å². The van der Waals surface area contributed by atoms with Gasteiger partial charge in [-0.05, 0) is 51.4 Å². The third-order valence-electron chi connectivity index (χ3n) is 4.54. The van der Waals surface area contributed by atoms with E-state index in [0.717, 1.165) is 20.3 Å². The minimum absolute atomic E-state index is 0.244. The average molecular weight is 484 g/mol. The van der Waals surface area contributed by atoms with Crippen LogP contribution in [0.4, 0.5) is 0 Å². The zero-order valence-corrected chi connectivity index (χ0v) is 17.4. The van der Waals surface area contributed by atoms with Crippen LogP contribution in [0.25, 0.3) is 0 Å². The van der Waals surface area contributed by atoms with Crippen molar-refractivity contribution in [2.24, 2.45) is 5.73 Å². The molecule has 2 amide bonds. The molecule has 0 aliphatic heterocycles. The first kappa shape index (κ1) is 20.1. The summed E-state index contributed by atoms with van der Waals surface area (Å²) in [5, 5.41) is 2.86. The summed E-state index contributed by atoms with van der Waals surface area (Å²) >= 11 is 2.22. The smallest absolute Gasteiger partial charge is 0.240 e. The molecule has 0 radical (unpaired) electrons. The summed E-state index contributed by atoms with van der Waals surface area (Å²) in [6, 6.07) is 26.1. The molecule has 3 rings (SSSR count). The molecule has 0 saturated carbocycles. The van der Waals surface area contributed by atoms with Gasteiger partial charge in [0.1, 0.15) is 6.04 Å². The van der Waals surface area contributed by atoms with Crippen molar-refractivity contribution < 1.29 is 9.59 Å². The number of benzene rings is 3. The highest BCUT2D eigenvalue weighted by Crippen LogP contribution is 2.25. The zero-order chi connectivity index (χ0) is 19.9. The third kappa shape index (κ3) is 5.19. The molecule has 3 N–H and O–H groups in total. The molecular weight excluding hydrogens is 463 g/mol. The number of rotatable bonds is 7. The predicted octanol–water partition coefficient (Wildman–Crippen LogP) is 3.64. The molecule has 0 fully saturated rings. The van der Waals surface area contributed by atoms with Gasteiger partial charge in [0.2, 0.25) is 11.8 Å². The van der Waals surface area contributed by atoms with Crippen molar-refractivity contribution in [2.75, 3.05) is 0 Å². The van der Waals surface area contributed by atoms with Crippen molar-refractivity contribution >= 4 is 34.4 Å². The van der Waals surface area contributed by atoms with Crippen LogP contribution in [-0.2, 0) is 16.0 Å². The number of hydrogen-bond donors (Lipinski definition) is 2. The maximum atomic E-state index is 13.2. The van der Waals surface area contributed by atoms with Crippen LogP contribution in [0.5, 0.6) is 0 Å². The van der Waals surface area contributed by atoms with E-state index in [1.807, 2.05) is 84.9 Å². The molecule has 0 spiro atoms. The molecule has 0 unspecified atom stereocenters. The number of primary amides is 1. The Bertz CT molecular complexity index is 888. The molecular formula is C23H21IN2O2. The summed E-state index contributed by atoms with van der Waals surface area (Å²) in [5.41, 5.74) is 8.26. The average Bonchev–Trinajstić information content (AvgIpc) is 2.71. The Morgan fingerprint density at radius 3 is 1.79 bits per heavy atom. The summed E-state index contributed by atoms with van der Waals surface area (Å²) in [4.78, 5) is 25.2. The van der Waals surface area contributed by atoms with Crippen LogP contribution in [0, 0.1) is 3.57 Å². The number of amides is 2. The Morgan fingerprint density at radius 2 is 1.32 bits per heavy atom. The summed E-state index contributed by atoms with van der Waals surface area (Å²) in [6.07, 6.45) is 0.355. The van der Waals surface area contributed by atoms with Crippen molar-refractivity contribution in [3.63, 3.8) is 0 Å². The van der Waals surface area contributed by atoms with Crippen molar-refractivity contribution in [3.05, 3.63) is 105 Å². The van der Waals surface area contributed by atoms with E-state index in [1.54, 1.807) is 0 Å². The van der Waals surface area contributed by atoms with Crippen LogP contribution in [-0.4, -0.2) is 17.9 Å². The van der Waals surface area contributed by atoms with Crippen LogP contribution < -0.4 is 11.1 Å². The second-order valence-corrected chi connectivity index (χ2v) is 7.79. The fourth-order valence-corrected chi connectivity index (χ4v) is 3.48. The molecule has 1 atom stereocenters. The lowest BCUT2D eigenvalue weighted by Gasteiger charge is -2.22. The quantitative estimate of drug-likeness (QED) is 0.503. The third-order valence-corrected chi connectivity index (χ3v) is 5.26. The normalized spacial score (nSPS) is 11.8. The van der Waals surface area contributed by atoms with Gasteiger partial charge in [0.15, 0.2) is 0 Å². The number of nitrogens with two attached hydrogens (primary N) is 1. The lowest BCUT2D eigenvalue weighted by molar-refractivity contribution is -0.127. The highest BCUT2D eigenvalue weighted by atomic mass is 127. The molecule has 0 bridgehead atoms. The maximum Gasteiger partial charge on any atom is 0.240 e. The number of halogens is 1. The Labute approximate surface area is 178 Å². The van der Waals surface area contributed by atoms with Crippen LogP contribution >= 0.6 is 22.6 Å². The minimum atomic E-state index is -0.775. The second-order valence-electron chi connectivity index (χ2n) is 6.55. The maximum absolute atomic E-state index is 13.2. The molecule has 28 heavy (non-hydrogen) atoms. The van der Waals surface area contributed by atoms with Crippen LogP contribution in [0.2, 0.25) is 0 Å². The molecule has 3 aromatic carbocycles. The van der Waals surface area contributed by atoms with Gasteiger partial charge in [-0.1, -0.05) is 72.8 Å². The number of nitrogens with one attached hydrogen (secondary N) is 1. The van der Waals surface area contributed by atoms with Crippen molar-refractivity contribution in [1.29, 1.82) is 0 Å². The van der Waals surface area contributed by atoms with Crippen LogP contribution in [0.15, 0.2) is 84.9 Å². The fraction of sp³-hybridized carbons (Fsp3) is 0.130. The van der Waals surface area contributed by atoms with Crippen molar-refractivity contribution in [1.82, 2.24) is 5.32 Å². The number of carbonyl (C=O) groups excluding carboxylic acids is 2. The minimum Gasteiger partial charge on any atom is -0.368 e. The highest BCUT2D eigenvalue weighted by molar-refractivity contribution is 14.1. The second kappa shape index (κ2) is 9.50. The fourth-order valence-electron chi connectivity index (χ4n) is 3.12. The molecule has 4 nitrogen and oxygen atoms in total. The number of carbonyl (C=O) groups is 2. The highest BCUT2D eigenvalue weighted by Gasteiger charge is 2.27. The van der Waals surface area contributed by atoms with E-state index in [0.29, 0.717) is 6.42 Å². The van der Waals surface area contributed by atoms with Gasteiger partial charge in [-0.2, -0.15) is 0 Å². The van der Waals surface area contributed by atoms with E-state index < -0.39 is 17.9 Å². The first-order chi connectivity index (χ1) is 13.5. The Balaban J connectivity index is 1.85. The summed E-state index contributed by atoms with van der Waals surface area (Å²) in [7, 11) is 0. The number of hydrogen-bond acceptors (Lipinski definition) is 2. The molecule has 0 aliphatic carbocycles. The standard InChI is InChI=1S/C23H21IN2O2/c24-19-13-11-16(12-14-19)15-20(22(25)27)26-23(28)21(17-7-3-1-4-8-17)18-9-5-2-6-10-18/h1-14,20-21H,15H2,(H2,25,27)(H,26,28)/t20-/m1/s1. The van der Waals surface area contributed by atoms with E-state index in [9.17, 15) is 9.59 Å². The molecule has 3 aromatic rings. The molecule has 0 aliphatic rings. The van der Waals surface area contributed by atoms with Gasteiger partial charge in [0, 0.05) is 9.99 Å². The Morgan fingerprint density at radius 1 is 0.821 bits per heavy atom. The largest absolute Gasteiger partial charge is 0.368 e. The predicted molar refractivity (Wildman–Crippen MR) is 119 cm³/mol. The van der Waals surface area contributed by atoms with Crippen LogP contribution in [0.3, 0.4) is 0 Å². The monoisotopic (exact) mass is 484 g/mol. The molecule has 0 heterocycles. The van der Waals surface area contributed by atoms with Crippen molar-refractivity contribution in [3.8, 4) is 0 Å². The SMILES string of the molecule is NC(=O)[C@@H](Cc1ccc(I)cc1)NC(=O)C(c1ccccc1)c1ccccc1. The summed E-state index contributed by atoms with van der Waals surface area (Å²) in [6.45, 7) is 0. The van der Waals surface area contributed by atoms with Gasteiger partial charge in [-0.25, -0.2) is 0 Å². The van der Waals surface area contributed by atoms with Gasteiger partial charge >= 0.3 is 0 Å². The lowest BCUT2D eigenvalue weighted by Crippen LogP contribution is -2.47. The van der Waals surface area contributed by atoms with E-state index in [2.05, 4.69) is 27.9 Å². The van der Waals surface area contributed by atoms with Gasteiger partial charge < -0.3 is 11.1 Å². The summed E-state index contributed by atoms with van der Waals surface area (Å²) < 4.78 is 1.11. The summed E-state index contributed by atoms with van der Waals surface area (Å²) in [5.74, 6) is -1.31. The molecule has 5 heteroatoms. The van der Waals surface area contributed by atoms with Crippen LogP contribution in [0.1, 0.15) is 22.6 Å². The molecule has 0 saturated heterocycles. The topological polar surface area (TPSA) is 72.2 Å². The van der Waals surface area contributed by atoms with Gasteiger partial charge in [-0.3, -0.25) is 9.59 Å². The molecule has 0 aromatic heterocycles. The van der Waals surface area contributed by atoms with E-state index in [4.69, 9.17) is 5.73 Å². The van der Waals surface area contributed by atoms with Gasteiger partial charge in [0.25, 0.3) is 0 Å².